The fourth-order valence-electron chi connectivity index (χ4n) is 5.42. The molecule has 0 atom stereocenters. The number of fused-ring (bicyclic) bond motifs is 1. The number of nitrogen functional groups attached to an aromatic ring is 1. The van der Waals surface area contributed by atoms with E-state index in [4.69, 9.17) is 10.7 Å². The average Bonchev–Trinajstić information content (AvgIpc) is 3.03. The molecule has 1 fully saturated rings. The predicted molar refractivity (Wildman–Crippen MR) is 174 cm³/mol. The van der Waals surface area contributed by atoms with E-state index in [9.17, 15) is 18.0 Å². The van der Waals surface area contributed by atoms with Gasteiger partial charge in [-0.2, -0.15) is 18.2 Å². The van der Waals surface area contributed by atoms with E-state index in [1.54, 1.807) is 18.2 Å². The third-order valence-electron chi connectivity index (χ3n) is 7.97. The summed E-state index contributed by atoms with van der Waals surface area (Å²) in [5, 5.41) is 5.95. The Hall–Kier alpha value is -4.56. The molecule has 0 aliphatic carbocycles. The van der Waals surface area contributed by atoms with E-state index in [1.807, 2.05) is 6.92 Å². The van der Waals surface area contributed by atoms with E-state index in [-0.39, 0.29) is 11.4 Å². The summed E-state index contributed by atoms with van der Waals surface area (Å²) in [5.41, 5.74) is 8.03. The van der Waals surface area contributed by atoms with Crippen molar-refractivity contribution in [1.82, 2.24) is 29.7 Å². The van der Waals surface area contributed by atoms with Crippen molar-refractivity contribution in [3.8, 4) is 0 Å². The Balaban J connectivity index is 1.30. The molecule has 3 heterocycles. The fraction of sp³-hybridized carbons (Fsp3) is 0.406. The lowest BCUT2D eigenvalue weighted by atomic mass is 10.1. The molecular weight excluding hydrogens is 597 g/mol. The number of halogens is 3. The van der Waals surface area contributed by atoms with E-state index in [0.29, 0.717) is 34.2 Å². The number of benzene rings is 2. The summed E-state index contributed by atoms with van der Waals surface area (Å²) in [6.45, 7) is 10.6. The van der Waals surface area contributed by atoms with Crippen LogP contribution in [0.1, 0.15) is 41.3 Å². The maximum atomic E-state index is 13.2. The second kappa shape index (κ2) is 14.3. The Labute approximate surface area is 266 Å². The van der Waals surface area contributed by atoms with E-state index >= 15 is 0 Å². The molecule has 0 unspecified atom stereocenters. The number of rotatable bonds is 11. The highest BCUT2D eigenvalue weighted by atomic mass is 19.4. The van der Waals surface area contributed by atoms with Gasteiger partial charge in [0.05, 0.1) is 5.56 Å². The summed E-state index contributed by atoms with van der Waals surface area (Å²) in [5.74, 6) is 0.483. The zero-order chi connectivity index (χ0) is 32.8. The largest absolute Gasteiger partial charge is 0.416 e. The number of hydrogen-bond donors (Lipinski definition) is 3. The number of anilines is 5. The second-order valence-electron chi connectivity index (χ2n) is 11.5. The van der Waals surface area contributed by atoms with Gasteiger partial charge in [0, 0.05) is 43.1 Å². The predicted octanol–water partition coefficient (Wildman–Crippen LogP) is 5.18. The molecule has 1 amide bonds. The zero-order valence-corrected chi connectivity index (χ0v) is 26.2. The molecule has 2 aromatic carbocycles. The molecule has 0 saturated carbocycles. The average molecular weight is 637 g/mol. The molecule has 0 bridgehead atoms. The number of nitrogens with one attached hydrogen (secondary N) is 2. The Morgan fingerprint density at radius 3 is 2.54 bits per heavy atom. The van der Waals surface area contributed by atoms with Gasteiger partial charge in [0.2, 0.25) is 5.95 Å². The van der Waals surface area contributed by atoms with Crippen LogP contribution in [0.15, 0.2) is 48.8 Å². The normalized spacial score (nSPS) is 14.2. The van der Waals surface area contributed by atoms with Crippen LogP contribution in [0.3, 0.4) is 0 Å². The molecule has 244 valence electrons. The summed E-state index contributed by atoms with van der Waals surface area (Å²) in [6.07, 6.45) is -0.903. The van der Waals surface area contributed by atoms with Gasteiger partial charge < -0.3 is 26.2 Å². The number of nitrogens with two attached hydrogens (primary N) is 1. The summed E-state index contributed by atoms with van der Waals surface area (Å²) in [7, 11) is 2.16. The van der Waals surface area contributed by atoms with Crippen LogP contribution in [-0.2, 0) is 6.18 Å². The number of carbonyl (C=O) groups is 1. The Kier molecular flexibility index (Phi) is 10.2. The lowest BCUT2D eigenvalue weighted by Gasteiger charge is -2.35. The number of alkyl halides is 3. The van der Waals surface area contributed by atoms with Crippen LogP contribution in [0.2, 0.25) is 0 Å². The number of nitrogens with zero attached hydrogens (tertiary/aromatic N) is 7. The van der Waals surface area contributed by atoms with Crippen molar-refractivity contribution in [2.24, 2.45) is 0 Å². The quantitative estimate of drug-likeness (QED) is 0.203. The molecule has 46 heavy (non-hydrogen) atoms. The van der Waals surface area contributed by atoms with Crippen LogP contribution in [0, 0.1) is 6.92 Å². The lowest BCUT2D eigenvalue weighted by molar-refractivity contribution is -0.137. The minimum Gasteiger partial charge on any atom is -0.382 e. The summed E-state index contributed by atoms with van der Waals surface area (Å²) in [4.78, 5) is 37.8. The highest BCUT2D eigenvalue weighted by Gasteiger charge is 2.31. The topological polar surface area (TPSA) is 128 Å². The maximum absolute atomic E-state index is 13.2. The van der Waals surface area contributed by atoms with Gasteiger partial charge in [0.15, 0.2) is 11.6 Å². The molecule has 11 nitrogen and oxygen atoms in total. The SMILES string of the molecule is CCCN(C)CCCN1CCN(c2nc(N)c3ncnc(Nc4cc(NC(=O)c5cccc(C(F)(F)F)c5)ccc4C)c3n2)CC1. The molecule has 1 aliphatic heterocycles. The minimum absolute atomic E-state index is 0.105. The summed E-state index contributed by atoms with van der Waals surface area (Å²) in [6, 6.07) is 9.42. The van der Waals surface area contributed by atoms with Crippen molar-refractivity contribution in [2.75, 3.05) is 74.1 Å². The molecule has 0 radical (unpaired) electrons. The van der Waals surface area contributed by atoms with Crippen LogP contribution >= 0.6 is 0 Å². The van der Waals surface area contributed by atoms with Gasteiger partial charge in [-0.15, -0.1) is 0 Å². The van der Waals surface area contributed by atoms with Crippen molar-refractivity contribution in [2.45, 2.75) is 32.9 Å². The Morgan fingerprint density at radius 2 is 1.80 bits per heavy atom. The van der Waals surface area contributed by atoms with Gasteiger partial charge in [0.1, 0.15) is 17.4 Å². The second-order valence-corrected chi connectivity index (χ2v) is 11.5. The summed E-state index contributed by atoms with van der Waals surface area (Å²) < 4.78 is 39.5. The van der Waals surface area contributed by atoms with Crippen molar-refractivity contribution in [3.63, 3.8) is 0 Å². The van der Waals surface area contributed by atoms with Gasteiger partial charge in [-0.3, -0.25) is 9.69 Å². The number of hydrogen-bond acceptors (Lipinski definition) is 10. The van der Waals surface area contributed by atoms with E-state index in [2.05, 4.69) is 54.3 Å². The van der Waals surface area contributed by atoms with Crippen LogP contribution < -0.4 is 21.3 Å². The van der Waals surface area contributed by atoms with Crippen molar-refractivity contribution in [3.05, 3.63) is 65.5 Å². The van der Waals surface area contributed by atoms with Gasteiger partial charge in [-0.25, -0.2) is 15.0 Å². The molecule has 5 rings (SSSR count). The summed E-state index contributed by atoms with van der Waals surface area (Å²) >= 11 is 0. The first-order valence-corrected chi connectivity index (χ1v) is 15.3. The molecule has 1 aliphatic rings. The number of piperazine rings is 1. The smallest absolute Gasteiger partial charge is 0.382 e. The third-order valence-corrected chi connectivity index (χ3v) is 7.97. The molecule has 2 aromatic heterocycles. The van der Waals surface area contributed by atoms with Crippen LogP contribution in [0.5, 0.6) is 0 Å². The third kappa shape index (κ3) is 7.98. The van der Waals surface area contributed by atoms with E-state index in [1.165, 1.54) is 18.5 Å². The molecular formula is C32H39F3N10O. The number of aromatic nitrogens is 4. The molecule has 4 N–H and O–H groups in total. The lowest BCUT2D eigenvalue weighted by Crippen LogP contribution is -2.47. The fourth-order valence-corrected chi connectivity index (χ4v) is 5.42. The first-order valence-electron chi connectivity index (χ1n) is 15.3. The van der Waals surface area contributed by atoms with Crippen molar-refractivity contribution >= 4 is 45.9 Å². The molecule has 14 heteroatoms. The van der Waals surface area contributed by atoms with Crippen molar-refractivity contribution < 1.29 is 18.0 Å². The first-order chi connectivity index (χ1) is 22.0. The molecule has 4 aromatic rings. The first kappa shape index (κ1) is 32.8. The number of aryl methyl sites for hydroxylation is 1. The Morgan fingerprint density at radius 1 is 1.02 bits per heavy atom. The van der Waals surface area contributed by atoms with Crippen LogP contribution in [0.25, 0.3) is 11.0 Å². The van der Waals surface area contributed by atoms with E-state index < -0.39 is 17.6 Å². The number of carbonyl (C=O) groups excluding carboxylic acids is 1. The van der Waals surface area contributed by atoms with Gasteiger partial charge in [-0.1, -0.05) is 19.1 Å². The molecule has 0 spiro atoms. The zero-order valence-electron chi connectivity index (χ0n) is 26.2. The highest BCUT2D eigenvalue weighted by molar-refractivity contribution is 6.04. The highest BCUT2D eigenvalue weighted by Crippen LogP contribution is 2.31. The van der Waals surface area contributed by atoms with Crippen LogP contribution in [0.4, 0.5) is 42.1 Å². The van der Waals surface area contributed by atoms with Gasteiger partial charge in [-0.05, 0) is 82.3 Å². The van der Waals surface area contributed by atoms with Crippen molar-refractivity contribution in [1.29, 1.82) is 0 Å². The number of amides is 1. The Bertz CT molecular complexity index is 1670. The standard InChI is InChI=1S/C32H39F3N10O/c1-4-11-43(3)12-6-13-44-14-16-45(17-15-44)31-41-27-26(28(36)42-31)37-20-38-29(27)40-25-19-24(10-9-21(25)2)39-30(46)22-7-5-8-23(18-22)32(33,34)35/h5,7-10,18-20H,4,6,11-17H2,1-3H3,(H,39,46)(H2,36,41,42)(H,37,38,40). The van der Waals surface area contributed by atoms with E-state index in [0.717, 1.165) is 76.4 Å². The maximum Gasteiger partial charge on any atom is 0.416 e. The molecule has 1 saturated heterocycles. The monoisotopic (exact) mass is 636 g/mol. The van der Waals surface area contributed by atoms with Gasteiger partial charge >= 0.3 is 6.18 Å². The van der Waals surface area contributed by atoms with Gasteiger partial charge in [0.25, 0.3) is 5.91 Å². The minimum atomic E-state index is -4.55. The van der Waals surface area contributed by atoms with Crippen LogP contribution in [-0.4, -0.2) is 88.5 Å².